The number of benzene rings is 1. The smallest absolute Gasteiger partial charge is 0.303 e. The second-order valence-electron chi connectivity index (χ2n) is 9.15. The van der Waals surface area contributed by atoms with Crippen LogP contribution in [-0.4, -0.2) is 17.7 Å². The highest BCUT2D eigenvalue weighted by molar-refractivity contribution is 5.66. The van der Waals surface area contributed by atoms with Crippen molar-refractivity contribution in [2.75, 3.05) is 6.61 Å². The Kier molecular flexibility index (Phi) is 4.51. The standard InChI is InChI=1S/C22H32O3/c1-15(24)25-20(2,3)17-8-9-18-16(13-17)7-10-19-21(4,14-23)11-6-12-22(18,19)5/h8-9,13,19,23H,6-7,10-12,14H2,1-5H3. The Balaban J connectivity index is 2.00. The minimum absolute atomic E-state index is 0.0281. The fourth-order valence-corrected chi connectivity index (χ4v) is 5.61. The molecule has 0 bridgehead atoms. The highest BCUT2D eigenvalue weighted by Gasteiger charge is 2.51. The van der Waals surface area contributed by atoms with Gasteiger partial charge in [-0.1, -0.05) is 38.5 Å². The summed E-state index contributed by atoms with van der Waals surface area (Å²) in [6, 6.07) is 6.62. The number of esters is 1. The molecule has 0 radical (unpaired) electrons. The van der Waals surface area contributed by atoms with Gasteiger partial charge in [0.05, 0.1) is 0 Å². The Bertz CT molecular complexity index is 678. The van der Waals surface area contributed by atoms with E-state index in [0.717, 1.165) is 24.8 Å². The SMILES string of the molecule is CC(=O)OC(C)(C)c1ccc2c(c1)CCC1C(C)(CO)CCCC21C. The van der Waals surface area contributed by atoms with Crippen LogP contribution in [0.4, 0.5) is 0 Å². The van der Waals surface area contributed by atoms with E-state index in [9.17, 15) is 9.90 Å². The Morgan fingerprint density at radius 1 is 1.32 bits per heavy atom. The molecule has 1 fully saturated rings. The molecule has 0 amide bonds. The maximum Gasteiger partial charge on any atom is 0.303 e. The van der Waals surface area contributed by atoms with Crippen molar-refractivity contribution in [2.24, 2.45) is 11.3 Å². The van der Waals surface area contributed by atoms with Gasteiger partial charge in [0, 0.05) is 13.5 Å². The van der Waals surface area contributed by atoms with Crippen LogP contribution in [0.1, 0.15) is 77.0 Å². The second kappa shape index (κ2) is 6.12. The third kappa shape index (κ3) is 3.01. The lowest BCUT2D eigenvalue weighted by Gasteiger charge is -2.55. The van der Waals surface area contributed by atoms with E-state index in [1.54, 1.807) is 0 Å². The first-order valence-electron chi connectivity index (χ1n) is 9.57. The lowest BCUT2D eigenvalue weighted by Crippen LogP contribution is -2.50. The first-order chi connectivity index (χ1) is 11.6. The van der Waals surface area contributed by atoms with Gasteiger partial charge in [-0.15, -0.1) is 0 Å². The minimum atomic E-state index is -0.606. The number of aliphatic hydroxyl groups excluding tert-OH is 1. The van der Waals surface area contributed by atoms with Crippen LogP contribution in [0.3, 0.4) is 0 Å². The van der Waals surface area contributed by atoms with E-state index in [-0.39, 0.29) is 23.4 Å². The molecule has 0 spiro atoms. The van der Waals surface area contributed by atoms with Crippen molar-refractivity contribution in [1.82, 2.24) is 0 Å². The average Bonchev–Trinajstić information content (AvgIpc) is 2.53. The van der Waals surface area contributed by atoms with Gasteiger partial charge in [-0.3, -0.25) is 4.79 Å². The fraction of sp³-hybridized carbons (Fsp3) is 0.682. The Labute approximate surface area is 151 Å². The summed E-state index contributed by atoms with van der Waals surface area (Å²) in [5.74, 6) is 0.277. The molecule has 1 saturated carbocycles. The van der Waals surface area contributed by atoms with Crippen molar-refractivity contribution in [3.05, 3.63) is 34.9 Å². The number of hydrogen-bond acceptors (Lipinski definition) is 3. The molecule has 0 heterocycles. The molecule has 138 valence electrons. The Morgan fingerprint density at radius 3 is 2.68 bits per heavy atom. The summed E-state index contributed by atoms with van der Waals surface area (Å²) in [5.41, 5.74) is 3.44. The molecule has 3 nitrogen and oxygen atoms in total. The summed E-state index contributed by atoms with van der Waals surface area (Å²) < 4.78 is 5.53. The van der Waals surface area contributed by atoms with Gasteiger partial charge in [-0.05, 0) is 73.0 Å². The molecule has 1 aromatic rings. The van der Waals surface area contributed by atoms with Crippen molar-refractivity contribution in [2.45, 2.75) is 77.7 Å². The zero-order valence-corrected chi connectivity index (χ0v) is 16.3. The van der Waals surface area contributed by atoms with Gasteiger partial charge in [-0.2, -0.15) is 0 Å². The summed E-state index contributed by atoms with van der Waals surface area (Å²) in [4.78, 5) is 11.4. The van der Waals surface area contributed by atoms with Gasteiger partial charge >= 0.3 is 5.97 Å². The van der Waals surface area contributed by atoms with Crippen LogP contribution < -0.4 is 0 Å². The zero-order valence-electron chi connectivity index (χ0n) is 16.3. The van der Waals surface area contributed by atoms with Gasteiger partial charge in [0.25, 0.3) is 0 Å². The Morgan fingerprint density at radius 2 is 2.04 bits per heavy atom. The van der Waals surface area contributed by atoms with Crippen molar-refractivity contribution in [1.29, 1.82) is 0 Å². The maximum absolute atomic E-state index is 11.4. The Hall–Kier alpha value is -1.35. The first kappa shape index (κ1) is 18.4. The molecule has 2 aliphatic carbocycles. The lowest BCUT2D eigenvalue weighted by atomic mass is 9.50. The first-order valence-corrected chi connectivity index (χ1v) is 9.57. The largest absolute Gasteiger partial charge is 0.455 e. The lowest BCUT2D eigenvalue weighted by molar-refractivity contribution is -0.154. The summed E-state index contributed by atoms with van der Waals surface area (Å²) in [5, 5.41) is 10.0. The van der Waals surface area contributed by atoms with Crippen molar-refractivity contribution >= 4 is 5.97 Å². The summed E-state index contributed by atoms with van der Waals surface area (Å²) in [6.45, 7) is 10.3. The van der Waals surface area contributed by atoms with Crippen molar-refractivity contribution in [3.63, 3.8) is 0 Å². The third-order valence-electron chi connectivity index (χ3n) is 6.93. The van der Waals surface area contributed by atoms with Crippen LogP contribution in [0, 0.1) is 11.3 Å². The maximum atomic E-state index is 11.4. The number of fused-ring (bicyclic) bond motifs is 3. The number of aryl methyl sites for hydroxylation is 1. The number of hydrogen-bond donors (Lipinski definition) is 1. The van der Waals surface area contributed by atoms with E-state index in [2.05, 4.69) is 32.0 Å². The van der Waals surface area contributed by atoms with E-state index in [1.807, 2.05) is 13.8 Å². The van der Waals surface area contributed by atoms with Crippen molar-refractivity contribution < 1.29 is 14.6 Å². The molecule has 2 aliphatic rings. The van der Waals surface area contributed by atoms with Crippen LogP contribution in [0.15, 0.2) is 18.2 Å². The molecular formula is C22H32O3. The fourth-order valence-electron chi connectivity index (χ4n) is 5.61. The number of rotatable bonds is 3. The van der Waals surface area contributed by atoms with Crippen LogP contribution in [-0.2, 0) is 27.0 Å². The van der Waals surface area contributed by atoms with E-state index < -0.39 is 5.60 Å². The highest BCUT2D eigenvalue weighted by atomic mass is 16.6. The quantitative estimate of drug-likeness (QED) is 0.822. The van der Waals surface area contributed by atoms with Crippen LogP contribution in [0.25, 0.3) is 0 Å². The number of aliphatic hydroxyl groups is 1. The van der Waals surface area contributed by atoms with Crippen LogP contribution in [0.5, 0.6) is 0 Å². The van der Waals surface area contributed by atoms with E-state index in [4.69, 9.17) is 4.74 Å². The summed E-state index contributed by atoms with van der Waals surface area (Å²) >= 11 is 0. The van der Waals surface area contributed by atoms with Gasteiger partial charge in [0.2, 0.25) is 0 Å². The number of ether oxygens (including phenoxy) is 1. The predicted octanol–water partition coefficient (Wildman–Crippen LogP) is 4.49. The molecule has 25 heavy (non-hydrogen) atoms. The minimum Gasteiger partial charge on any atom is -0.455 e. The molecule has 1 aromatic carbocycles. The van der Waals surface area contributed by atoms with E-state index in [0.29, 0.717) is 5.92 Å². The van der Waals surface area contributed by atoms with E-state index >= 15 is 0 Å². The molecule has 3 atom stereocenters. The van der Waals surface area contributed by atoms with Crippen molar-refractivity contribution in [3.8, 4) is 0 Å². The summed E-state index contributed by atoms with van der Waals surface area (Å²) in [7, 11) is 0. The molecule has 1 N–H and O–H groups in total. The van der Waals surface area contributed by atoms with E-state index in [1.165, 1.54) is 30.9 Å². The molecule has 0 aromatic heterocycles. The van der Waals surface area contributed by atoms with Crippen LogP contribution >= 0.6 is 0 Å². The van der Waals surface area contributed by atoms with Gasteiger partial charge in [-0.25, -0.2) is 0 Å². The molecular weight excluding hydrogens is 312 g/mol. The van der Waals surface area contributed by atoms with Gasteiger partial charge < -0.3 is 9.84 Å². The third-order valence-corrected chi connectivity index (χ3v) is 6.93. The van der Waals surface area contributed by atoms with Gasteiger partial charge in [0.15, 0.2) is 0 Å². The highest BCUT2D eigenvalue weighted by Crippen LogP contribution is 2.57. The molecule has 0 aliphatic heterocycles. The molecule has 3 heteroatoms. The average molecular weight is 344 g/mol. The normalized spacial score (nSPS) is 31.8. The zero-order chi connectivity index (χ0) is 18.5. The predicted molar refractivity (Wildman–Crippen MR) is 99.4 cm³/mol. The molecule has 0 saturated heterocycles. The molecule has 3 rings (SSSR count). The summed E-state index contributed by atoms with van der Waals surface area (Å²) in [6.07, 6.45) is 5.64. The topological polar surface area (TPSA) is 46.5 Å². The monoisotopic (exact) mass is 344 g/mol. The molecule has 3 unspecified atom stereocenters. The second-order valence-corrected chi connectivity index (χ2v) is 9.15. The van der Waals surface area contributed by atoms with Gasteiger partial charge in [0.1, 0.15) is 5.60 Å². The van der Waals surface area contributed by atoms with Crippen LogP contribution in [0.2, 0.25) is 0 Å². The number of carbonyl (C=O) groups is 1. The number of carbonyl (C=O) groups excluding carboxylic acids is 1.